The first-order valence-corrected chi connectivity index (χ1v) is 3.22. The van der Waals surface area contributed by atoms with Crippen LogP contribution in [-0.4, -0.2) is 12.9 Å². The molecule has 0 spiro atoms. The van der Waals surface area contributed by atoms with Crippen LogP contribution in [0.4, 0.5) is 0 Å². The van der Waals surface area contributed by atoms with E-state index in [9.17, 15) is 0 Å². The Kier molecular flexibility index (Phi) is 7.00. The fraction of sp³-hybridized carbons (Fsp3) is 0.429. The molecule has 0 radical (unpaired) electrons. The summed E-state index contributed by atoms with van der Waals surface area (Å²) in [6, 6.07) is 0. The number of nitrogens with zero attached hydrogens (tertiary/aromatic N) is 2. The van der Waals surface area contributed by atoms with Gasteiger partial charge in [0.25, 0.3) is 0 Å². The van der Waals surface area contributed by atoms with Gasteiger partial charge in [-0.3, -0.25) is 0 Å². The van der Waals surface area contributed by atoms with Gasteiger partial charge in [-0.15, -0.1) is 0 Å². The lowest BCUT2D eigenvalue weighted by atomic mass is 10.3. The molecule has 0 aromatic heterocycles. The molecule has 10 heavy (non-hydrogen) atoms. The fourth-order valence-electron chi connectivity index (χ4n) is 0.419. The van der Waals surface area contributed by atoms with Crippen molar-refractivity contribution in [1.82, 2.24) is 0 Å². The van der Waals surface area contributed by atoms with Gasteiger partial charge in [-0.25, -0.2) is 4.94 Å². The van der Waals surface area contributed by atoms with Crippen molar-refractivity contribution in [3.05, 3.63) is 12.2 Å². The Morgan fingerprint density at radius 1 is 1.60 bits per heavy atom. The van der Waals surface area contributed by atoms with Gasteiger partial charge in [0.2, 0.25) is 0 Å². The van der Waals surface area contributed by atoms with Crippen LogP contribution in [0, 0.1) is 0 Å². The number of oxime groups is 2. The zero-order valence-corrected chi connectivity index (χ0v) is 6.16. The molecule has 0 atom stereocenters. The van der Waals surface area contributed by atoms with E-state index in [1.807, 2.05) is 12.2 Å². The number of allylic oxidation sites excluding steroid dienone is 2. The van der Waals surface area contributed by atoms with Crippen LogP contribution in [0.25, 0.3) is 0 Å². The van der Waals surface area contributed by atoms with Crippen molar-refractivity contribution in [2.24, 2.45) is 10.3 Å². The maximum Gasteiger partial charge on any atom is 0.0692 e. The summed E-state index contributed by atoms with van der Waals surface area (Å²) in [6.45, 7) is 5.20. The lowest BCUT2D eigenvalue weighted by molar-refractivity contribution is 0.160. The van der Waals surface area contributed by atoms with Crippen LogP contribution in [0.3, 0.4) is 0 Å². The minimum absolute atomic E-state index is 1.06. The van der Waals surface area contributed by atoms with Crippen LogP contribution in [-0.2, 0) is 4.94 Å². The molecule has 3 heteroatoms. The molecule has 0 saturated heterocycles. The average Bonchev–Trinajstić information content (AvgIpc) is 1.97. The number of hydrogen-bond acceptors (Lipinski definition) is 3. The summed E-state index contributed by atoms with van der Waals surface area (Å²) in [5.41, 5.74) is 0. The van der Waals surface area contributed by atoms with E-state index < -0.39 is 0 Å². The first-order chi connectivity index (χ1) is 4.91. The van der Waals surface area contributed by atoms with Crippen molar-refractivity contribution in [3.8, 4) is 0 Å². The average molecular weight is 140 g/mol. The van der Waals surface area contributed by atoms with E-state index in [1.165, 1.54) is 6.21 Å². The van der Waals surface area contributed by atoms with Crippen molar-refractivity contribution in [3.63, 3.8) is 0 Å². The summed E-state index contributed by atoms with van der Waals surface area (Å²) in [5, 5.41) is 6.49. The molecule has 0 heterocycles. The first kappa shape index (κ1) is 8.88. The molecule has 3 nitrogen and oxygen atoms in total. The van der Waals surface area contributed by atoms with E-state index in [4.69, 9.17) is 0 Å². The van der Waals surface area contributed by atoms with Crippen LogP contribution < -0.4 is 0 Å². The summed E-state index contributed by atoms with van der Waals surface area (Å²) in [6.07, 6.45) is 7.56. The normalized spacial score (nSPS) is 10.9. The van der Waals surface area contributed by atoms with Crippen LogP contribution in [0.15, 0.2) is 22.5 Å². The Balaban J connectivity index is 3.22. The summed E-state index contributed by atoms with van der Waals surface area (Å²) >= 11 is 0. The second-order valence-corrected chi connectivity index (χ2v) is 1.68. The Labute approximate surface area is 61.1 Å². The maximum absolute atomic E-state index is 4.25. The molecule has 0 amide bonds. The topological polar surface area (TPSA) is 34.0 Å². The Morgan fingerprint density at radius 2 is 2.40 bits per heavy atom. The lowest BCUT2D eigenvalue weighted by Gasteiger charge is -1.80. The quantitative estimate of drug-likeness (QED) is 0.424. The van der Waals surface area contributed by atoms with Crippen LogP contribution in [0.2, 0.25) is 0 Å². The van der Waals surface area contributed by atoms with E-state index in [0.29, 0.717) is 0 Å². The molecule has 0 aliphatic heterocycles. The highest BCUT2D eigenvalue weighted by molar-refractivity contribution is 5.70. The molecule has 56 valence electrons. The molecule has 0 aliphatic rings. The second kappa shape index (κ2) is 7.88. The van der Waals surface area contributed by atoms with E-state index in [2.05, 4.69) is 28.9 Å². The van der Waals surface area contributed by atoms with Crippen molar-refractivity contribution in [1.29, 1.82) is 0 Å². The van der Waals surface area contributed by atoms with Gasteiger partial charge in [0.15, 0.2) is 0 Å². The third kappa shape index (κ3) is 6.88. The number of rotatable bonds is 5. The molecule has 0 aromatic rings. The van der Waals surface area contributed by atoms with Gasteiger partial charge < -0.3 is 0 Å². The maximum atomic E-state index is 4.25. The van der Waals surface area contributed by atoms with Crippen LogP contribution >= 0.6 is 0 Å². The van der Waals surface area contributed by atoms with Gasteiger partial charge in [0, 0.05) is 6.72 Å². The highest BCUT2D eigenvalue weighted by atomic mass is 16.8. The summed E-state index contributed by atoms with van der Waals surface area (Å²) < 4.78 is 0. The Morgan fingerprint density at radius 3 is 3.00 bits per heavy atom. The largest absolute Gasteiger partial charge is 0.245 e. The minimum atomic E-state index is 1.06. The van der Waals surface area contributed by atoms with Gasteiger partial charge in [-0.05, 0) is 12.5 Å². The van der Waals surface area contributed by atoms with Crippen molar-refractivity contribution < 1.29 is 4.94 Å². The fourth-order valence-corrected chi connectivity index (χ4v) is 0.419. The Hall–Kier alpha value is -1.12. The predicted molar refractivity (Wildman–Crippen MR) is 43.2 cm³/mol. The summed E-state index contributed by atoms with van der Waals surface area (Å²) in [5.74, 6) is 0. The van der Waals surface area contributed by atoms with E-state index >= 15 is 0 Å². The highest BCUT2D eigenvalue weighted by Crippen LogP contribution is 1.86. The monoisotopic (exact) mass is 140 g/mol. The molecule has 0 N–H and O–H groups in total. The molecular formula is C7H12N2O. The highest BCUT2D eigenvalue weighted by Gasteiger charge is 1.69. The smallest absolute Gasteiger partial charge is 0.0692 e. The number of hydrogen-bond donors (Lipinski definition) is 0. The molecule has 0 unspecified atom stereocenters. The van der Waals surface area contributed by atoms with Crippen molar-refractivity contribution in [2.45, 2.75) is 19.8 Å². The van der Waals surface area contributed by atoms with Crippen molar-refractivity contribution in [2.75, 3.05) is 0 Å². The molecule has 0 aliphatic carbocycles. The SMILES string of the molecule is C=NO/N=C/C=C\CCC. The molecule has 0 saturated carbocycles. The minimum Gasteiger partial charge on any atom is -0.245 e. The summed E-state index contributed by atoms with van der Waals surface area (Å²) in [4.78, 5) is 4.25. The van der Waals surface area contributed by atoms with Gasteiger partial charge in [-0.2, -0.15) is 0 Å². The second-order valence-electron chi connectivity index (χ2n) is 1.68. The van der Waals surface area contributed by atoms with Gasteiger partial charge in [0.1, 0.15) is 0 Å². The van der Waals surface area contributed by atoms with E-state index in [-0.39, 0.29) is 0 Å². The Bertz CT molecular complexity index is 130. The third-order valence-electron chi connectivity index (χ3n) is 0.843. The molecule has 0 fully saturated rings. The molecule has 0 aromatic carbocycles. The third-order valence-corrected chi connectivity index (χ3v) is 0.843. The lowest BCUT2D eigenvalue weighted by Crippen LogP contribution is -1.68. The zero-order chi connectivity index (χ0) is 7.66. The molecule has 0 rings (SSSR count). The van der Waals surface area contributed by atoms with Crippen molar-refractivity contribution >= 4 is 12.9 Å². The summed E-state index contributed by atoms with van der Waals surface area (Å²) in [7, 11) is 0. The van der Waals surface area contributed by atoms with Crippen LogP contribution in [0.5, 0.6) is 0 Å². The molecule has 0 bridgehead atoms. The van der Waals surface area contributed by atoms with Gasteiger partial charge in [-0.1, -0.05) is 29.7 Å². The standard InChI is InChI=1S/C7H12N2O/c1-3-4-5-6-7-9-10-8-2/h5-7H,2-4H2,1H3/b6-5-,9-7+. The van der Waals surface area contributed by atoms with E-state index in [1.54, 1.807) is 0 Å². The molecular weight excluding hydrogens is 128 g/mol. The van der Waals surface area contributed by atoms with Crippen LogP contribution in [0.1, 0.15) is 19.8 Å². The van der Waals surface area contributed by atoms with Gasteiger partial charge >= 0.3 is 0 Å². The van der Waals surface area contributed by atoms with E-state index in [0.717, 1.165) is 12.8 Å². The first-order valence-electron chi connectivity index (χ1n) is 3.22. The number of unbranched alkanes of at least 4 members (excludes halogenated alkanes) is 1. The predicted octanol–water partition coefficient (Wildman–Crippen LogP) is 1.96. The van der Waals surface area contributed by atoms with Gasteiger partial charge in [0.05, 0.1) is 6.21 Å². The zero-order valence-electron chi connectivity index (χ0n) is 6.16.